The Kier molecular flexibility index (Phi) is 3.69. The largest absolute Gasteiger partial charge is 0.393 e. The normalized spacial score (nSPS) is 26.5. The molecule has 1 aromatic heterocycles. The van der Waals surface area contributed by atoms with Crippen molar-refractivity contribution in [2.75, 3.05) is 0 Å². The first-order valence-corrected chi connectivity index (χ1v) is 5.66. The van der Waals surface area contributed by atoms with E-state index in [4.69, 9.17) is 0 Å². The molecule has 1 fully saturated rings. The summed E-state index contributed by atoms with van der Waals surface area (Å²) in [6.07, 6.45) is 5.77. The van der Waals surface area contributed by atoms with Gasteiger partial charge in [-0.05, 0) is 37.8 Å². The summed E-state index contributed by atoms with van der Waals surface area (Å²) in [7, 11) is 0. The lowest BCUT2D eigenvalue weighted by atomic mass is 9.93. The van der Waals surface area contributed by atoms with Crippen LogP contribution in [0.1, 0.15) is 31.4 Å². The Balaban J connectivity index is 1.74. The predicted molar refractivity (Wildman–Crippen MR) is 59.3 cm³/mol. The fourth-order valence-corrected chi connectivity index (χ4v) is 2.03. The highest BCUT2D eigenvalue weighted by Crippen LogP contribution is 2.18. The minimum atomic E-state index is -0.0714. The molecule has 3 nitrogen and oxygen atoms in total. The van der Waals surface area contributed by atoms with Crippen LogP contribution in [0.25, 0.3) is 0 Å². The van der Waals surface area contributed by atoms with Crippen molar-refractivity contribution in [1.82, 2.24) is 10.3 Å². The van der Waals surface area contributed by atoms with E-state index in [-0.39, 0.29) is 6.10 Å². The van der Waals surface area contributed by atoms with Crippen LogP contribution in [0.15, 0.2) is 24.4 Å². The topological polar surface area (TPSA) is 45.1 Å². The second-order valence-electron chi connectivity index (χ2n) is 4.21. The molecule has 0 saturated heterocycles. The van der Waals surface area contributed by atoms with Gasteiger partial charge < -0.3 is 10.4 Å². The number of aliphatic hydroxyl groups excluding tert-OH is 1. The molecule has 1 saturated carbocycles. The Morgan fingerprint density at radius 3 is 2.73 bits per heavy atom. The van der Waals surface area contributed by atoms with Gasteiger partial charge in [-0.15, -0.1) is 0 Å². The first-order chi connectivity index (χ1) is 7.34. The molecule has 1 heterocycles. The molecule has 0 aromatic carbocycles. The third kappa shape index (κ3) is 3.29. The van der Waals surface area contributed by atoms with E-state index in [0.717, 1.165) is 37.9 Å². The van der Waals surface area contributed by atoms with E-state index in [1.807, 2.05) is 24.4 Å². The zero-order valence-electron chi connectivity index (χ0n) is 8.89. The van der Waals surface area contributed by atoms with E-state index in [1.165, 1.54) is 0 Å². The van der Waals surface area contributed by atoms with E-state index in [9.17, 15) is 5.11 Å². The van der Waals surface area contributed by atoms with E-state index < -0.39 is 0 Å². The van der Waals surface area contributed by atoms with Crippen LogP contribution in [0.4, 0.5) is 0 Å². The second kappa shape index (κ2) is 5.24. The van der Waals surface area contributed by atoms with Crippen molar-refractivity contribution in [2.24, 2.45) is 0 Å². The smallest absolute Gasteiger partial charge is 0.0541 e. The van der Waals surface area contributed by atoms with Crippen LogP contribution < -0.4 is 5.32 Å². The summed E-state index contributed by atoms with van der Waals surface area (Å²) < 4.78 is 0. The molecule has 0 radical (unpaired) electrons. The molecule has 0 spiro atoms. The third-order valence-electron chi connectivity index (χ3n) is 2.99. The van der Waals surface area contributed by atoms with Crippen molar-refractivity contribution in [3.05, 3.63) is 30.1 Å². The molecule has 2 N–H and O–H groups in total. The maximum Gasteiger partial charge on any atom is 0.0541 e. The van der Waals surface area contributed by atoms with Gasteiger partial charge in [-0.1, -0.05) is 6.07 Å². The standard InChI is InChI=1S/C12H18N2O/c15-12-6-4-10(5-7-12)14-9-11-3-1-2-8-13-11/h1-3,8,10,12,14-15H,4-7,9H2. The first-order valence-electron chi connectivity index (χ1n) is 5.66. The van der Waals surface area contributed by atoms with Gasteiger partial charge in [-0.25, -0.2) is 0 Å². The Morgan fingerprint density at radius 2 is 2.07 bits per heavy atom. The van der Waals surface area contributed by atoms with Gasteiger partial charge in [0.25, 0.3) is 0 Å². The molecule has 0 atom stereocenters. The molecule has 0 amide bonds. The third-order valence-corrected chi connectivity index (χ3v) is 2.99. The summed E-state index contributed by atoms with van der Waals surface area (Å²) in [4.78, 5) is 4.27. The highest BCUT2D eigenvalue weighted by atomic mass is 16.3. The first kappa shape index (κ1) is 10.6. The number of nitrogens with zero attached hydrogens (tertiary/aromatic N) is 1. The van der Waals surface area contributed by atoms with Gasteiger partial charge in [0.1, 0.15) is 0 Å². The van der Waals surface area contributed by atoms with Gasteiger partial charge in [0.2, 0.25) is 0 Å². The monoisotopic (exact) mass is 206 g/mol. The highest BCUT2D eigenvalue weighted by molar-refractivity contribution is 5.03. The molecule has 82 valence electrons. The minimum absolute atomic E-state index is 0.0714. The maximum atomic E-state index is 9.37. The minimum Gasteiger partial charge on any atom is -0.393 e. The Morgan fingerprint density at radius 1 is 1.27 bits per heavy atom. The van der Waals surface area contributed by atoms with Crippen molar-refractivity contribution in [1.29, 1.82) is 0 Å². The van der Waals surface area contributed by atoms with Crippen molar-refractivity contribution < 1.29 is 5.11 Å². The number of hydrogen-bond acceptors (Lipinski definition) is 3. The number of aromatic nitrogens is 1. The Bertz CT molecular complexity index is 281. The molecule has 3 heteroatoms. The van der Waals surface area contributed by atoms with Gasteiger partial charge >= 0.3 is 0 Å². The summed E-state index contributed by atoms with van der Waals surface area (Å²) in [5.41, 5.74) is 1.09. The number of hydrogen-bond donors (Lipinski definition) is 2. The van der Waals surface area contributed by atoms with Crippen LogP contribution >= 0.6 is 0 Å². The van der Waals surface area contributed by atoms with Crippen molar-refractivity contribution in [2.45, 2.75) is 44.4 Å². The molecule has 1 aliphatic carbocycles. The summed E-state index contributed by atoms with van der Waals surface area (Å²) >= 11 is 0. The molecule has 15 heavy (non-hydrogen) atoms. The summed E-state index contributed by atoms with van der Waals surface area (Å²) in [5, 5.41) is 12.9. The average molecular weight is 206 g/mol. The molecule has 1 aliphatic rings. The van der Waals surface area contributed by atoms with Gasteiger partial charge in [0.15, 0.2) is 0 Å². The zero-order chi connectivity index (χ0) is 10.5. The number of aliphatic hydroxyl groups is 1. The summed E-state index contributed by atoms with van der Waals surface area (Å²) in [6, 6.07) is 6.52. The second-order valence-corrected chi connectivity index (χ2v) is 4.21. The number of pyridine rings is 1. The molecule has 0 bridgehead atoms. The predicted octanol–water partition coefficient (Wildman–Crippen LogP) is 1.47. The van der Waals surface area contributed by atoms with E-state index in [1.54, 1.807) is 0 Å². The Hall–Kier alpha value is -0.930. The van der Waals surface area contributed by atoms with Crippen molar-refractivity contribution in [3.63, 3.8) is 0 Å². The van der Waals surface area contributed by atoms with Gasteiger partial charge in [0.05, 0.1) is 11.8 Å². The van der Waals surface area contributed by atoms with Crippen LogP contribution in [0.5, 0.6) is 0 Å². The summed E-state index contributed by atoms with van der Waals surface area (Å²) in [6.45, 7) is 0.835. The SMILES string of the molecule is OC1CCC(NCc2ccccn2)CC1. The van der Waals surface area contributed by atoms with Crippen LogP contribution in [0.3, 0.4) is 0 Å². The average Bonchev–Trinajstić information content (AvgIpc) is 2.30. The lowest BCUT2D eigenvalue weighted by Gasteiger charge is -2.26. The molecule has 2 rings (SSSR count). The van der Waals surface area contributed by atoms with Gasteiger partial charge in [-0.3, -0.25) is 4.98 Å². The fourth-order valence-electron chi connectivity index (χ4n) is 2.03. The van der Waals surface area contributed by atoms with E-state index in [0.29, 0.717) is 6.04 Å². The van der Waals surface area contributed by atoms with Gasteiger partial charge in [-0.2, -0.15) is 0 Å². The quantitative estimate of drug-likeness (QED) is 0.787. The lowest BCUT2D eigenvalue weighted by Crippen LogP contribution is -2.34. The fraction of sp³-hybridized carbons (Fsp3) is 0.583. The number of rotatable bonds is 3. The van der Waals surface area contributed by atoms with Gasteiger partial charge in [0, 0.05) is 18.8 Å². The zero-order valence-corrected chi connectivity index (χ0v) is 8.89. The van der Waals surface area contributed by atoms with Crippen molar-refractivity contribution >= 4 is 0 Å². The van der Waals surface area contributed by atoms with E-state index >= 15 is 0 Å². The number of nitrogens with one attached hydrogen (secondary N) is 1. The maximum absolute atomic E-state index is 9.37. The molecule has 0 aliphatic heterocycles. The van der Waals surface area contributed by atoms with E-state index in [2.05, 4.69) is 10.3 Å². The lowest BCUT2D eigenvalue weighted by molar-refractivity contribution is 0.116. The summed E-state index contributed by atoms with van der Waals surface area (Å²) in [5.74, 6) is 0. The van der Waals surface area contributed by atoms with Crippen molar-refractivity contribution in [3.8, 4) is 0 Å². The van der Waals surface area contributed by atoms with Crippen LogP contribution in [-0.4, -0.2) is 22.2 Å². The molecular weight excluding hydrogens is 188 g/mol. The molecule has 1 aromatic rings. The molecule has 0 unspecified atom stereocenters. The molecular formula is C12H18N2O. The van der Waals surface area contributed by atoms with Crippen LogP contribution in [-0.2, 0) is 6.54 Å². The highest BCUT2D eigenvalue weighted by Gasteiger charge is 2.18. The van der Waals surface area contributed by atoms with Crippen LogP contribution in [0.2, 0.25) is 0 Å². The van der Waals surface area contributed by atoms with Crippen LogP contribution in [0, 0.1) is 0 Å². The Labute approximate surface area is 90.5 Å².